The summed E-state index contributed by atoms with van der Waals surface area (Å²) in [5.74, 6) is 0.0293. The van der Waals surface area contributed by atoms with Crippen LogP contribution in [-0.2, 0) is 16.0 Å². The van der Waals surface area contributed by atoms with Gasteiger partial charge in [0, 0.05) is 20.2 Å². The van der Waals surface area contributed by atoms with Gasteiger partial charge >= 0.3 is 0 Å². The maximum Gasteiger partial charge on any atom is 0.227 e. The second-order valence-corrected chi connectivity index (χ2v) is 4.11. The summed E-state index contributed by atoms with van der Waals surface area (Å²) in [4.78, 5) is 13.8. The van der Waals surface area contributed by atoms with E-state index in [9.17, 15) is 4.79 Å². The quantitative estimate of drug-likeness (QED) is 0.700. The van der Waals surface area contributed by atoms with Gasteiger partial charge in [-0.25, -0.2) is 0 Å². The Labute approximate surface area is 113 Å². The van der Waals surface area contributed by atoms with Crippen LogP contribution in [0, 0.1) is 11.3 Å². The van der Waals surface area contributed by atoms with E-state index in [0.717, 1.165) is 5.56 Å². The number of rotatable bonds is 7. The molecular formula is C15H18N2O2. The lowest BCUT2D eigenvalue weighted by molar-refractivity contribution is -0.130. The van der Waals surface area contributed by atoms with Gasteiger partial charge in [-0.15, -0.1) is 6.58 Å². The molecule has 0 aliphatic carbocycles. The van der Waals surface area contributed by atoms with Crippen molar-refractivity contribution in [2.24, 2.45) is 0 Å². The molecular weight excluding hydrogens is 240 g/mol. The molecule has 1 rings (SSSR count). The lowest BCUT2D eigenvalue weighted by Gasteiger charge is -2.20. The number of benzene rings is 1. The van der Waals surface area contributed by atoms with Gasteiger partial charge in [-0.2, -0.15) is 5.26 Å². The summed E-state index contributed by atoms with van der Waals surface area (Å²) in [6.45, 7) is 5.22. The molecule has 0 unspecified atom stereocenters. The average Bonchev–Trinajstić information content (AvgIpc) is 2.44. The van der Waals surface area contributed by atoms with Crippen molar-refractivity contribution in [2.75, 3.05) is 26.8 Å². The number of carbonyl (C=O) groups is 1. The Bertz CT molecular complexity index is 460. The van der Waals surface area contributed by atoms with Crippen molar-refractivity contribution in [2.45, 2.75) is 6.42 Å². The molecule has 0 bridgehead atoms. The van der Waals surface area contributed by atoms with Crippen molar-refractivity contribution in [3.8, 4) is 6.07 Å². The number of hydrogen-bond donors (Lipinski definition) is 0. The zero-order chi connectivity index (χ0) is 14.1. The van der Waals surface area contributed by atoms with E-state index in [1.54, 1.807) is 42.4 Å². The maximum atomic E-state index is 12.1. The van der Waals surface area contributed by atoms with Gasteiger partial charge in [-0.1, -0.05) is 18.2 Å². The molecule has 0 N–H and O–H groups in total. The predicted octanol–water partition coefficient (Wildman–Crippen LogP) is 1.76. The normalized spacial score (nSPS) is 9.68. The molecule has 100 valence electrons. The number of ether oxygens (including phenoxy) is 1. The van der Waals surface area contributed by atoms with Crippen LogP contribution in [0.4, 0.5) is 0 Å². The van der Waals surface area contributed by atoms with Crippen LogP contribution in [0.25, 0.3) is 0 Å². The molecule has 19 heavy (non-hydrogen) atoms. The smallest absolute Gasteiger partial charge is 0.227 e. The fraction of sp³-hybridized carbons (Fsp3) is 0.333. The van der Waals surface area contributed by atoms with E-state index in [1.807, 2.05) is 0 Å². The molecule has 0 saturated heterocycles. The van der Waals surface area contributed by atoms with Crippen LogP contribution in [0.15, 0.2) is 36.9 Å². The summed E-state index contributed by atoms with van der Waals surface area (Å²) in [5, 5.41) is 8.72. The maximum absolute atomic E-state index is 12.1. The standard InChI is InChI=1S/C15H18N2O2/c1-3-8-17(9-10-19-2)15(18)11-13-4-6-14(12-16)7-5-13/h3-7H,1,8-11H2,2H3. The fourth-order valence-electron chi connectivity index (χ4n) is 1.66. The van der Waals surface area contributed by atoms with Crippen LogP contribution in [-0.4, -0.2) is 37.6 Å². The summed E-state index contributed by atoms with van der Waals surface area (Å²) in [6, 6.07) is 9.10. The third kappa shape index (κ3) is 4.94. The van der Waals surface area contributed by atoms with Gasteiger partial charge in [-0.3, -0.25) is 4.79 Å². The lowest BCUT2D eigenvalue weighted by atomic mass is 10.1. The van der Waals surface area contributed by atoms with E-state index >= 15 is 0 Å². The summed E-state index contributed by atoms with van der Waals surface area (Å²) in [5.41, 5.74) is 1.49. The number of nitriles is 1. The predicted molar refractivity (Wildman–Crippen MR) is 73.5 cm³/mol. The third-order valence-corrected chi connectivity index (χ3v) is 2.71. The van der Waals surface area contributed by atoms with E-state index in [0.29, 0.717) is 31.7 Å². The molecule has 0 atom stereocenters. The Morgan fingerprint density at radius 2 is 2.16 bits per heavy atom. The van der Waals surface area contributed by atoms with Crippen molar-refractivity contribution in [1.82, 2.24) is 4.90 Å². The average molecular weight is 258 g/mol. The van der Waals surface area contributed by atoms with Crippen molar-refractivity contribution in [1.29, 1.82) is 5.26 Å². The van der Waals surface area contributed by atoms with Crippen LogP contribution >= 0.6 is 0 Å². The van der Waals surface area contributed by atoms with Gasteiger partial charge in [0.1, 0.15) is 0 Å². The molecule has 0 heterocycles. The van der Waals surface area contributed by atoms with Crippen LogP contribution in [0.5, 0.6) is 0 Å². The van der Waals surface area contributed by atoms with Gasteiger partial charge in [0.2, 0.25) is 5.91 Å². The lowest BCUT2D eigenvalue weighted by Crippen LogP contribution is -2.35. The molecule has 4 heteroatoms. The van der Waals surface area contributed by atoms with Gasteiger partial charge in [0.05, 0.1) is 24.7 Å². The van der Waals surface area contributed by atoms with Gasteiger partial charge in [-0.05, 0) is 17.7 Å². The number of methoxy groups -OCH3 is 1. The fourth-order valence-corrected chi connectivity index (χ4v) is 1.66. The molecule has 1 aromatic rings. The van der Waals surface area contributed by atoms with Crippen LogP contribution in [0.2, 0.25) is 0 Å². The molecule has 4 nitrogen and oxygen atoms in total. The number of nitrogens with zero attached hydrogens (tertiary/aromatic N) is 2. The Balaban J connectivity index is 2.63. The summed E-state index contributed by atoms with van der Waals surface area (Å²) in [6.07, 6.45) is 2.02. The molecule has 0 radical (unpaired) electrons. The SMILES string of the molecule is C=CCN(CCOC)C(=O)Cc1ccc(C#N)cc1. The van der Waals surface area contributed by atoms with Crippen LogP contribution in [0.1, 0.15) is 11.1 Å². The zero-order valence-corrected chi connectivity index (χ0v) is 11.1. The monoisotopic (exact) mass is 258 g/mol. The van der Waals surface area contributed by atoms with Gasteiger partial charge in [0.15, 0.2) is 0 Å². The largest absolute Gasteiger partial charge is 0.383 e. The minimum Gasteiger partial charge on any atom is -0.383 e. The van der Waals surface area contributed by atoms with Crippen molar-refractivity contribution in [3.05, 3.63) is 48.0 Å². The van der Waals surface area contributed by atoms with E-state index in [-0.39, 0.29) is 5.91 Å². The first-order valence-electron chi connectivity index (χ1n) is 6.08. The van der Waals surface area contributed by atoms with E-state index in [4.69, 9.17) is 10.00 Å². The first-order chi connectivity index (χ1) is 9.21. The Morgan fingerprint density at radius 1 is 1.47 bits per heavy atom. The highest BCUT2D eigenvalue weighted by atomic mass is 16.5. The zero-order valence-electron chi connectivity index (χ0n) is 11.1. The second-order valence-electron chi connectivity index (χ2n) is 4.11. The third-order valence-electron chi connectivity index (χ3n) is 2.71. The summed E-state index contributed by atoms with van der Waals surface area (Å²) < 4.78 is 4.99. The summed E-state index contributed by atoms with van der Waals surface area (Å²) >= 11 is 0. The Morgan fingerprint density at radius 3 is 2.68 bits per heavy atom. The molecule has 0 aliphatic rings. The molecule has 0 aromatic heterocycles. The summed E-state index contributed by atoms with van der Waals surface area (Å²) in [7, 11) is 1.61. The highest BCUT2D eigenvalue weighted by Gasteiger charge is 2.12. The minimum atomic E-state index is 0.0293. The van der Waals surface area contributed by atoms with Crippen LogP contribution in [0.3, 0.4) is 0 Å². The number of carbonyl (C=O) groups excluding carboxylic acids is 1. The van der Waals surface area contributed by atoms with E-state index < -0.39 is 0 Å². The molecule has 1 aromatic carbocycles. The topological polar surface area (TPSA) is 53.3 Å². The molecule has 0 fully saturated rings. The Hall–Kier alpha value is -2.12. The van der Waals surface area contributed by atoms with Gasteiger partial charge < -0.3 is 9.64 Å². The number of hydrogen-bond acceptors (Lipinski definition) is 3. The number of amides is 1. The highest BCUT2D eigenvalue weighted by Crippen LogP contribution is 2.06. The van der Waals surface area contributed by atoms with Crippen molar-refractivity contribution >= 4 is 5.91 Å². The molecule has 1 amide bonds. The highest BCUT2D eigenvalue weighted by molar-refractivity contribution is 5.79. The van der Waals surface area contributed by atoms with Crippen molar-refractivity contribution < 1.29 is 9.53 Å². The molecule has 0 spiro atoms. The van der Waals surface area contributed by atoms with Crippen LogP contribution < -0.4 is 0 Å². The molecule has 0 aliphatic heterocycles. The molecule has 0 saturated carbocycles. The first kappa shape index (κ1) is 14.9. The second kappa shape index (κ2) is 8.06. The van der Waals surface area contributed by atoms with E-state index in [2.05, 4.69) is 12.6 Å². The van der Waals surface area contributed by atoms with E-state index in [1.165, 1.54) is 0 Å². The minimum absolute atomic E-state index is 0.0293. The van der Waals surface area contributed by atoms with Crippen molar-refractivity contribution in [3.63, 3.8) is 0 Å². The Kier molecular flexibility index (Phi) is 6.34. The van der Waals surface area contributed by atoms with Gasteiger partial charge in [0.25, 0.3) is 0 Å². The first-order valence-corrected chi connectivity index (χ1v) is 6.08.